The zero-order valence-corrected chi connectivity index (χ0v) is 17.4. The van der Waals surface area contributed by atoms with Crippen LogP contribution in [0.1, 0.15) is 42.4 Å². The van der Waals surface area contributed by atoms with Gasteiger partial charge in [0.1, 0.15) is 5.54 Å². The molecule has 0 radical (unpaired) electrons. The summed E-state index contributed by atoms with van der Waals surface area (Å²) in [5.74, 6) is -0.429. The molecule has 4 amide bonds. The monoisotopic (exact) mass is 421 g/mol. The van der Waals surface area contributed by atoms with Gasteiger partial charge >= 0.3 is 6.03 Å². The van der Waals surface area contributed by atoms with Crippen molar-refractivity contribution in [2.75, 3.05) is 0 Å². The van der Waals surface area contributed by atoms with E-state index in [4.69, 9.17) is 4.74 Å². The van der Waals surface area contributed by atoms with Crippen LogP contribution in [0.4, 0.5) is 4.79 Å². The van der Waals surface area contributed by atoms with Gasteiger partial charge < -0.3 is 15.4 Å². The minimum Gasteiger partial charge on any atom is -0.372 e. The first-order valence-corrected chi connectivity index (χ1v) is 10.6. The third-order valence-electron chi connectivity index (χ3n) is 6.06. The lowest BCUT2D eigenvalue weighted by atomic mass is 9.76. The van der Waals surface area contributed by atoms with Gasteiger partial charge in [-0.1, -0.05) is 54.6 Å². The van der Waals surface area contributed by atoms with Crippen LogP contribution in [-0.2, 0) is 34.1 Å². The lowest BCUT2D eigenvalue weighted by molar-refractivity contribution is -0.130. The molecule has 1 saturated carbocycles. The molecule has 1 heterocycles. The molecule has 1 aliphatic carbocycles. The van der Waals surface area contributed by atoms with Crippen LogP contribution < -0.4 is 16.0 Å². The Bertz CT molecular complexity index is 952. The highest BCUT2D eigenvalue weighted by Crippen LogP contribution is 2.34. The van der Waals surface area contributed by atoms with Crippen LogP contribution in [0.15, 0.2) is 54.6 Å². The Morgan fingerprint density at radius 1 is 0.968 bits per heavy atom. The summed E-state index contributed by atoms with van der Waals surface area (Å²) in [5, 5.41) is 8.03. The summed E-state index contributed by atoms with van der Waals surface area (Å²) in [6, 6.07) is 17.6. The summed E-state index contributed by atoms with van der Waals surface area (Å²) in [5.41, 5.74) is 2.38. The van der Waals surface area contributed by atoms with Gasteiger partial charge in [0.05, 0.1) is 13.2 Å². The Labute approximate surface area is 181 Å². The second-order valence-electron chi connectivity index (χ2n) is 8.28. The third kappa shape index (κ3) is 5.11. The van der Waals surface area contributed by atoms with Crippen molar-refractivity contribution in [3.05, 3.63) is 71.3 Å². The molecule has 2 aliphatic rings. The number of urea groups is 1. The van der Waals surface area contributed by atoms with Crippen molar-refractivity contribution in [1.29, 1.82) is 0 Å². The molecular weight excluding hydrogens is 394 g/mol. The molecule has 2 aromatic carbocycles. The van der Waals surface area contributed by atoms with E-state index >= 15 is 0 Å². The molecular formula is C24H27N3O4. The van der Waals surface area contributed by atoms with Crippen molar-refractivity contribution in [3.8, 4) is 0 Å². The van der Waals surface area contributed by atoms with Gasteiger partial charge in [0.15, 0.2) is 0 Å². The number of hydrogen-bond acceptors (Lipinski definition) is 4. The fourth-order valence-electron chi connectivity index (χ4n) is 4.28. The molecule has 2 fully saturated rings. The summed E-state index contributed by atoms with van der Waals surface area (Å²) in [6.07, 6.45) is 2.12. The normalized spacial score (nSPS) is 22.8. The molecule has 0 aromatic heterocycles. The van der Waals surface area contributed by atoms with Gasteiger partial charge in [-0.05, 0) is 42.4 Å². The molecule has 3 N–H and O–H groups in total. The fraction of sp³-hybridized carbons (Fsp3) is 0.375. The molecule has 7 nitrogen and oxygen atoms in total. The predicted octanol–water partition coefficient (Wildman–Crippen LogP) is 2.79. The largest absolute Gasteiger partial charge is 0.372 e. The Morgan fingerprint density at radius 2 is 1.65 bits per heavy atom. The van der Waals surface area contributed by atoms with E-state index in [1.165, 1.54) is 0 Å². The second-order valence-corrected chi connectivity index (χ2v) is 8.28. The highest BCUT2D eigenvalue weighted by molar-refractivity contribution is 6.07. The molecule has 1 aliphatic heterocycles. The van der Waals surface area contributed by atoms with Crippen molar-refractivity contribution < 1.29 is 19.1 Å². The van der Waals surface area contributed by atoms with Gasteiger partial charge in [-0.2, -0.15) is 0 Å². The van der Waals surface area contributed by atoms with Gasteiger partial charge in [0, 0.05) is 12.5 Å². The maximum absolute atomic E-state index is 12.6. The van der Waals surface area contributed by atoms with E-state index in [9.17, 15) is 14.4 Å². The highest BCUT2D eigenvalue weighted by Gasteiger charge is 2.48. The van der Waals surface area contributed by atoms with Crippen LogP contribution in [0.5, 0.6) is 0 Å². The lowest BCUT2D eigenvalue weighted by Gasteiger charge is -2.33. The lowest BCUT2D eigenvalue weighted by Crippen LogP contribution is -2.50. The number of imide groups is 1. The number of rotatable bonds is 7. The summed E-state index contributed by atoms with van der Waals surface area (Å²) in [7, 11) is 0. The maximum atomic E-state index is 12.6. The number of ether oxygens (including phenoxy) is 1. The average molecular weight is 421 g/mol. The van der Waals surface area contributed by atoms with Crippen LogP contribution >= 0.6 is 0 Å². The van der Waals surface area contributed by atoms with Crippen LogP contribution in [-0.4, -0.2) is 23.4 Å². The molecule has 31 heavy (non-hydrogen) atoms. The molecule has 1 saturated heterocycles. The van der Waals surface area contributed by atoms with Crippen LogP contribution in [0.25, 0.3) is 0 Å². The molecule has 1 spiro atoms. The third-order valence-corrected chi connectivity index (χ3v) is 6.06. The first-order valence-electron chi connectivity index (χ1n) is 10.6. The summed E-state index contributed by atoms with van der Waals surface area (Å²) in [6.45, 7) is 1.52. The van der Waals surface area contributed by atoms with Gasteiger partial charge in [-0.25, -0.2) is 4.79 Å². The van der Waals surface area contributed by atoms with E-state index in [2.05, 4.69) is 16.0 Å². The van der Waals surface area contributed by atoms with E-state index < -0.39 is 11.6 Å². The van der Waals surface area contributed by atoms with Gasteiger partial charge in [-0.15, -0.1) is 0 Å². The summed E-state index contributed by atoms with van der Waals surface area (Å²) < 4.78 is 5.79. The topological polar surface area (TPSA) is 96.5 Å². The van der Waals surface area contributed by atoms with Crippen molar-refractivity contribution in [2.45, 2.75) is 51.0 Å². The van der Waals surface area contributed by atoms with Gasteiger partial charge in [0.25, 0.3) is 5.91 Å². The summed E-state index contributed by atoms with van der Waals surface area (Å²) in [4.78, 5) is 36.1. The van der Waals surface area contributed by atoms with Crippen LogP contribution in [0.3, 0.4) is 0 Å². The molecule has 0 atom stereocenters. The van der Waals surface area contributed by atoms with E-state index in [0.29, 0.717) is 45.4 Å². The molecule has 4 rings (SSSR count). The van der Waals surface area contributed by atoms with Crippen LogP contribution in [0, 0.1) is 5.92 Å². The second kappa shape index (κ2) is 9.31. The first kappa shape index (κ1) is 21.1. The fourth-order valence-corrected chi connectivity index (χ4v) is 4.28. The Morgan fingerprint density at radius 3 is 2.35 bits per heavy atom. The number of carbonyl (C=O) groups is 3. The standard InChI is InChI=1S/C24H27N3O4/c28-21(20-9-11-24(12-10-20)22(29)26-23(30)27-24)25-14-18-7-4-8-19(13-18)16-31-15-17-5-2-1-3-6-17/h1-8,13,20H,9-12,14-16H2,(H,25,28)(H2,26,27,29,30). The smallest absolute Gasteiger partial charge is 0.322 e. The number of hydrogen-bond donors (Lipinski definition) is 3. The predicted molar refractivity (Wildman–Crippen MR) is 115 cm³/mol. The molecule has 0 bridgehead atoms. The quantitative estimate of drug-likeness (QED) is 0.599. The molecule has 162 valence electrons. The first-order chi connectivity index (χ1) is 15.0. The molecule has 2 aromatic rings. The minimum atomic E-state index is -0.831. The van der Waals surface area contributed by atoms with Crippen molar-refractivity contribution in [2.24, 2.45) is 5.92 Å². The van der Waals surface area contributed by atoms with Crippen LogP contribution in [0.2, 0.25) is 0 Å². The Balaban J connectivity index is 1.23. The zero-order chi connectivity index (χ0) is 21.7. The van der Waals surface area contributed by atoms with E-state index in [1.807, 2.05) is 54.6 Å². The van der Waals surface area contributed by atoms with E-state index in [-0.39, 0.29) is 17.7 Å². The number of benzene rings is 2. The maximum Gasteiger partial charge on any atom is 0.322 e. The van der Waals surface area contributed by atoms with Gasteiger partial charge in [0.2, 0.25) is 5.91 Å². The minimum absolute atomic E-state index is 0.00897. The number of amides is 4. The highest BCUT2D eigenvalue weighted by atomic mass is 16.5. The van der Waals surface area contributed by atoms with Crippen molar-refractivity contribution >= 4 is 17.8 Å². The SMILES string of the molecule is O=C1NC(=O)C2(CCC(C(=O)NCc3cccc(COCc4ccccc4)c3)CC2)N1. The Hall–Kier alpha value is -3.19. The average Bonchev–Trinajstić information content (AvgIpc) is 3.06. The summed E-state index contributed by atoms with van der Waals surface area (Å²) >= 11 is 0. The van der Waals surface area contributed by atoms with Gasteiger partial charge in [-0.3, -0.25) is 14.9 Å². The van der Waals surface area contributed by atoms with Crippen molar-refractivity contribution in [3.63, 3.8) is 0 Å². The van der Waals surface area contributed by atoms with Crippen molar-refractivity contribution in [1.82, 2.24) is 16.0 Å². The number of nitrogens with one attached hydrogen (secondary N) is 3. The van der Waals surface area contributed by atoms with E-state index in [0.717, 1.165) is 16.7 Å². The molecule has 0 unspecified atom stereocenters. The molecule has 7 heteroatoms. The zero-order valence-electron chi connectivity index (χ0n) is 17.4. The Kier molecular flexibility index (Phi) is 6.32. The van der Waals surface area contributed by atoms with E-state index in [1.54, 1.807) is 0 Å². The number of carbonyl (C=O) groups excluding carboxylic acids is 3.